The fourth-order valence-corrected chi connectivity index (χ4v) is 3.87. The maximum Gasteiger partial charge on any atom is 0.230 e. The van der Waals surface area contributed by atoms with Crippen molar-refractivity contribution in [1.82, 2.24) is 10.3 Å². The molecule has 122 valence electrons. The molecule has 2 rings (SSSR count). The molecule has 0 radical (unpaired) electrons. The van der Waals surface area contributed by atoms with Gasteiger partial charge in [0.1, 0.15) is 0 Å². The van der Waals surface area contributed by atoms with Crippen molar-refractivity contribution in [3.63, 3.8) is 0 Å². The molecule has 1 heterocycles. The predicted octanol–water partition coefficient (Wildman–Crippen LogP) is 2.76. The van der Waals surface area contributed by atoms with E-state index in [1.54, 1.807) is 18.0 Å². The van der Waals surface area contributed by atoms with Crippen molar-refractivity contribution >= 4 is 17.7 Å². The molecule has 1 aromatic rings. The first kappa shape index (κ1) is 17.3. The average Bonchev–Trinajstić information content (AvgIpc) is 2.56. The van der Waals surface area contributed by atoms with E-state index in [9.17, 15) is 9.90 Å². The predicted molar refractivity (Wildman–Crippen MR) is 90.6 cm³/mol. The second kappa shape index (κ2) is 9.85. The first-order chi connectivity index (χ1) is 10.8. The zero-order valence-electron chi connectivity index (χ0n) is 13.0. The fourth-order valence-electron chi connectivity index (χ4n) is 3.09. The second-order valence-electron chi connectivity index (χ2n) is 5.94. The van der Waals surface area contributed by atoms with E-state index in [0.717, 1.165) is 11.3 Å². The lowest BCUT2D eigenvalue weighted by Gasteiger charge is -2.30. The Morgan fingerprint density at radius 3 is 2.91 bits per heavy atom. The third-order valence-electron chi connectivity index (χ3n) is 4.23. The van der Waals surface area contributed by atoms with E-state index in [2.05, 4.69) is 10.3 Å². The zero-order chi connectivity index (χ0) is 15.6. The minimum atomic E-state index is 0.0814. The lowest BCUT2D eigenvalue weighted by molar-refractivity contribution is -0.119. The number of thioether (sulfide) groups is 1. The zero-order valence-corrected chi connectivity index (χ0v) is 13.9. The maximum absolute atomic E-state index is 12.1. The van der Waals surface area contributed by atoms with Gasteiger partial charge in [0.25, 0.3) is 0 Å². The Kier molecular flexibility index (Phi) is 7.74. The number of aliphatic hydroxyl groups excluding tert-OH is 1. The highest BCUT2D eigenvalue weighted by Gasteiger charge is 2.24. The largest absolute Gasteiger partial charge is 0.396 e. The first-order valence-electron chi connectivity index (χ1n) is 8.16. The third-order valence-corrected chi connectivity index (χ3v) is 5.23. The number of rotatable bonds is 8. The number of hydrogen-bond donors (Lipinski definition) is 2. The van der Waals surface area contributed by atoms with Crippen LogP contribution in [-0.2, 0) is 10.5 Å². The van der Waals surface area contributed by atoms with Crippen molar-refractivity contribution in [3.05, 3.63) is 30.1 Å². The monoisotopic (exact) mass is 322 g/mol. The van der Waals surface area contributed by atoms with E-state index in [0.29, 0.717) is 18.1 Å². The van der Waals surface area contributed by atoms with Crippen molar-refractivity contribution < 1.29 is 9.90 Å². The number of aromatic nitrogens is 1. The van der Waals surface area contributed by atoms with Crippen LogP contribution in [0.3, 0.4) is 0 Å². The van der Waals surface area contributed by atoms with Crippen LogP contribution in [0, 0.1) is 5.92 Å². The Hall–Kier alpha value is -1.07. The summed E-state index contributed by atoms with van der Waals surface area (Å²) in [6.45, 7) is 0.143. The van der Waals surface area contributed by atoms with Gasteiger partial charge < -0.3 is 10.4 Å². The van der Waals surface area contributed by atoms with Gasteiger partial charge in [-0.25, -0.2) is 0 Å². The molecule has 1 atom stereocenters. The maximum atomic E-state index is 12.1. The summed E-state index contributed by atoms with van der Waals surface area (Å²) in [5.74, 6) is 1.88. The number of pyridine rings is 1. The Labute approximate surface area is 137 Å². The van der Waals surface area contributed by atoms with Gasteiger partial charge >= 0.3 is 0 Å². The topological polar surface area (TPSA) is 62.2 Å². The molecule has 0 aliphatic heterocycles. The number of hydrogen-bond acceptors (Lipinski definition) is 4. The quantitative estimate of drug-likeness (QED) is 0.772. The molecule has 1 amide bonds. The molecule has 0 bridgehead atoms. The van der Waals surface area contributed by atoms with Gasteiger partial charge in [0, 0.05) is 30.8 Å². The summed E-state index contributed by atoms with van der Waals surface area (Å²) in [6, 6.07) is 4.07. The summed E-state index contributed by atoms with van der Waals surface area (Å²) in [5, 5.41) is 12.4. The molecule has 1 aliphatic rings. The Balaban J connectivity index is 1.73. The van der Waals surface area contributed by atoms with Crippen LogP contribution in [0.5, 0.6) is 0 Å². The highest BCUT2D eigenvalue weighted by molar-refractivity contribution is 7.99. The lowest BCUT2D eigenvalue weighted by Crippen LogP contribution is -2.42. The van der Waals surface area contributed by atoms with E-state index in [4.69, 9.17) is 0 Å². The summed E-state index contributed by atoms with van der Waals surface area (Å²) in [5.41, 5.74) is 1.14. The first-order valence-corrected chi connectivity index (χ1v) is 9.32. The van der Waals surface area contributed by atoms with Crippen molar-refractivity contribution in [2.75, 3.05) is 12.4 Å². The number of nitrogens with one attached hydrogen (secondary N) is 1. The van der Waals surface area contributed by atoms with Crippen LogP contribution in [0.1, 0.15) is 44.1 Å². The molecule has 2 N–H and O–H groups in total. The number of carbonyl (C=O) groups is 1. The molecular formula is C17H26N2O2S. The van der Waals surface area contributed by atoms with Gasteiger partial charge in [0.2, 0.25) is 5.91 Å². The van der Waals surface area contributed by atoms with Crippen LogP contribution in [0.15, 0.2) is 24.5 Å². The molecule has 4 nitrogen and oxygen atoms in total. The summed E-state index contributed by atoms with van der Waals surface area (Å²) in [6.07, 6.45) is 10.4. The molecule has 5 heteroatoms. The van der Waals surface area contributed by atoms with E-state index < -0.39 is 0 Å². The van der Waals surface area contributed by atoms with Gasteiger partial charge in [0.05, 0.1) is 5.75 Å². The van der Waals surface area contributed by atoms with Crippen LogP contribution in [0.4, 0.5) is 0 Å². The van der Waals surface area contributed by atoms with Crippen LogP contribution in [0.2, 0.25) is 0 Å². The van der Waals surface area contributed by atoms with E-state index >= 15 is 0 Å². The second-order valence-corrected chi connectivity index (χ2v) is 6.92. The molecule has 1 aliphatic carbocycles. The molecular weight excluding hydrogens is 296 g/mol. The summed E-state index contributed by atoms with van der Waals surface area (Å²) < 4.78 is 0. The lowest BCUT2D eigenvalue weighted by atomic mass is 9.83. The van der Waals surface area contributed by atoms with Gasteiger partial charge in [0.15, 0.2) is 0 Å². The van der Waals surface area contributed by atoms with Crippen LogP contribution in [0.25, 0.3) is 0 Å². The molecule has 22 heavy (non-hydrogen) atoms. The fraction of sp³-hybridized carbons (Fsp3) is 0.647. The standard InChI is InChI=1S/C17H26N2O2S/c20-10-8-16(15-6-2-1-3-7-15)19-17(21)13-22-12-14-5-4-9-18-11-14/h4-5,9,11,15-16,20H,1-3,6-8,10,12-13H2,(H,19,21). The Morgan fingerprint density at radius 1 is 1.41 bits per heavy atom. The summed E-state index contributed by atoms with van der Waals surface area (Å²) in [4.78, 5) is 16.2. The number of carbonyl (C=O) groups excluding carboxylic acids is 1. The molecule has 1 fully saturated rings. The summed E-state index contributed by atoms with van der Waals surface area (Å²) >= 11 is 1.61. The minimum Gasteiger partial charge on any atom is -0.396 e. The molecule has 0 spiro atoms. The third kappa shape index (κ3) is 5.97. The van der Waals surface area contributed by atoms with E-state index in [1.807, 2.05) is 18.3 Å². The van der Waals surface area contributed by atoms with Gasteiger partial charge in [-0.15, -0.1) is 11.8 Å². The molecule has 0 saturated heterocycles. The van der Waals surface area contributed by atoms with Gasteiger partial charge in [-0.05, 0) is 36.8 Å². The van der Waals surface area contributed by atoms with Gasteiger partial charge in [-0.1, -0.05) is 25.3 Å². The molecule has 1 aromatic heterocycles. The smallest absolute Gasteiger partial charge is 0.230 e. The highest BCUT2D eigenvalue weighted by Crippen LogP contribution is 2.27. The number of aliphatic hydroxyl groups is 1. The SMILES string of the molecule is O=C(CSCc1cccnc1)NC(CCO)C1CCCCC1. The molecule has 1 unspecified atom stereocenters. The van der Waals surface area contributed by atoms with E-state index in [1.165, 1.54) is 32.1 Å². The van der Waals surface area contributed by atoms with Gasteiger partial charge in [-0.3, -0.25) is 9.78 Å². The van der Waals surface area contributed by atoms with Crippen molar-refractivity contribution in [2.45, 2.75) is 50.3 Å². The Morgan fingerprint density at radius 2 is 2.23 bits per heavy atom. The molecule has 0 aromatic carbocycles. The number of amides is 1. The summed E-state index contributed by atoms with van der Waals surface area (Å²) in [7, 11) is 0. The highest BCUT2D eigenvalue weighted by atomic mass is 32.2. The molecule has 1 saturated carbocycles. The number of nitrogens with zero attached hydrogens (tertiary/aromatic N) is 1. The van der Waals surface area contributed by atoms with Gasteiger partial charge in [-0.2, -0.15) is 0 Å². The normalized spacial score (nSPS) is 17.1. The Bertz CT molecular complexity index is 436. The van der Waals surface area contributed by atoms with E-state index in [-0.39, 0.29) is 18.6 Å². The van der Waals surface area contributed by atoms with Crippen molar-refractivity contribution in [2.24, 2.45) is 5.92 Å². The van der Waals surface area contributed by atoms with Crippen LogP contribution in [-0.4, -0.2) is 34.4 Å². The van der Waals surface area contributed by atoms with Crippen LogP contribution < -0.4 is 5.32 Å². The minimum absolute atomic E-state index is 0.0814. The van der Waals surface area contributed by atoms with Crippen LogP contribution >= 0.6 is 11.8 Å². The average molecular weight is 322 g/mol. The van der Waals surface area contributed by atoms with Crippen molar-refractivity contribution in [3.8, 4) is 0 Å². The van der Waals surface area contributed by atoms with Crippen molar-refractivity contribution in [1.29, 1.82) is 0 Å².